The molecule has 3 rings (SSSR count). The van der Waals surface area contributed by atoms with Gasteiger partial charge in [-0.1, -0.05) is 0 Å². The number of epoxide rings is 1. The minimum Gasteiger partial charge on any atom is -0.465 e. The van der Waals surface area contributed by atoms with Crippen molar-refractivity contribution in [3.8, 4) is 5.82 Å². The second kappa shape index (κ2) is 4.15. The van der Waals surface area contributed by atoms with Crippen molar-refractivity contribution in [2.75, 3.05) is 13.7 Å². The topological polar surface area (TPSA) is 95.3 Å². The largest absolute Gasteiger partial charge is 0.465 e. The van der Waals surface area contributed by atoms with Crippen LogP contribution in [0.4, 0.5) is 0 Å². The summed E-state index contributed by atoms with van der Waals surface area (Å²) in [6.07, 6.45) is 2.91. The molecule has 8 nitrogen and oxygen atoms in total. The van der Waals surface area contributed by atoms with Crippen LogP contribution in [0.15, 0.2) is 18.6 Å². The molecule has 2 aromatic heterocycles. The number of pyridine rings is 1. The molecule has 1 aliphatic rings. The van der Waals surface area contributed by atoms with Crippen LogP contribution >= 0.6 is 0 Å². The Morgan fingerprint density at radius 1 is 1.61 bits per heavy atom. The number of carbonyl (C=O) groups excluding carboxylic acids is 1. The van der Waals surface area contributed by atoms with Crippen LogP contribution in [0.3, 0.4) is 0 Å². The first-order valence-electron chi connectivity index (χ1n) is 5.23. The minimum absolute atomic E-state index is 0.0745. The van der Waals surface area contributed by atoms with E-state index in [1.165, 1.54) is 18.1 Å². The van der Waals surface area contributed by atoms with Gasteiger partial charge in [0, 0.05) is 11.8 Å². The van der Waals surface area contributed by atoms with Crippen molar-refractivity contribution >= 4 is 5.97 Å². The van der Waals surface area contributed by atoms with Crippen LogP contribution < -0.4 is 0 Å². The van der Waals surface area contributed by atoms with Gasteiger partial charge in [-0.3, -0.25) is 0 Å². The molecular formula is C10H9N5O3. The van der Waals surface area contributed by atoms with Crippen molar-refractivity contribution < 1.29 is 14.3 Å². The fourth-order valence-electron chi connectivity index (χ4n) is 1.62. The lowest BCUT2D eigenvalue weighted by atomic mass is 10.1. The Hall–Kier alpha value is -2.35. The standard InChI is InChI=1S/C10H9N5O3/c1-17-10(16)6-2-9(15-5-12-13-14-15)11-3-7(6)8-4-18-8/h2-3,5,8H,4H2,1H3/t8-/m0/s1. The van der Waals surface area contributed by atoms with Gasteiger partial charge >= 0.3 is 5.97 Å². The Morgan fingerprint density at radius 3 is 3.06 bits per heavy atom. The highest BCUT2D eigenvalue weighted by molar-refractivity contribution is 5.91. The molecule has 1 saturated heterocycles. The van der Waals surface area contributed by atoms with E-state index in [2.05, 4.69) is 20.5 Å². The second-order valence-corrected chi connectivity index (χ2v) is 3.70. The molecule has 8 heteroatoms. The van der Waals surface area contributed by atoms with E-state index < -0.39 is 5.97 Å². The second-order valence-electron chi connectivity index (χ2n) is 3.70. The summed E-state index contributed by atoms with van der Waals surface area (Å²) in [6, 6.07) is 1.58. The fraction of sp³-hybridized carbons (Fsp3) is 0.300. The van der Waals surface area contributed by atoms with Gasteiger partial charge in [-0.15, -0.1) is 5.10 Å². The number of hydrogen-bond donors (Lipinski definition) is 0. The zero-order valence-electron chi connectivity index (χ0n) is 9.48. The van der Waals surface area contributed by atoms with Gasteiger partial charge in [0.25, 0.3) is 0 Å². The molecule has 0 unspecified atom stereocenters. The van der Waals surface area contributed by atoms with Crippen molar-refractivity contribution in [2.45, 2.75) is 6.10 Å². The van der Waals surface area contributed by atoms with Gasteiger partial charge < -0.3 is 9.47 Å². The van der Waals surface area contributed by atoms with E-state index >= 15 is 0 Å². The predicted octanol–water partition coefficient (Wildman–Crippen LogP) is -0.0848. The normalized spacial score (nSPS) is 17.5. The monoisotopic (exact) mass is 247 g/mol. The van der Waals surface area contributed by atoms with Crippen LogP contribution in [0.5, 0.6) is 0 Å². The lowest BCUT2D eigenvalue weighted by Crippen LogP contribution is -2.09. The van der Waals surface area contributed by atoms with Crippen molar-refractivity contribution in [2.24, 2.45) is 0 Å². The number of aromatic nitrogens is 5. The number of ether oxygens (including phenoxy) is 2. The van der Waals surface area contributed by atoms with Crippen LogP contribution in [0.25, 0.3) is 5.82 Å². The third-order valence-electron chi connectivity index (χ3n) is 2.59. The fourth-order valence-corrected chi connectivity index (χ4v) is 1.62. The molecule has 2 aromatic rings. The summed E-state index contributed by atoms with van der Waals surface area (Å²) in [5.41, 5.74) is 1.14. The van der Waals surface area contributed by atoms with E-state index in [-0.39, 0.29) is 6.10 Å². The molecular weight excluding hydrogens is 238 g/mol. The van der Waals surface area contributed by atoms with Crippen LogP contribution in [-0.2, 0) is 9.47 Å². The molecule has 0 bridgehead atoms. The van der Waals surface area contributed by atoms with Crippen molar-refractivity contribution in [1.29, 1.82) is 0 Å². The Labute approximate surface area is 102 Å². The number of carbonyl (C=O) groups is 1. The van der Waals surface area contributed by atoms with Crippen LogP contribution in [-0.4, -0.2) is 44.9 Å². The number of rotatable bonds is 3. The maximum absolute atomic E-state index is 11.7. The molecule has 92 valence electrons. The van der Waals surface area contributed by atoms with Crippen molar-refractivity contribution in [3.05, 3.63) is 29.7 Å². The zero-order chi connectivity index (χ0) is 12.5. The first-order valence-corrected chi connectivity index (χ1v) is 5.23. The summed E-state index contributed by atoms with van der Waals surface area (Å²) < 4.78 is 11.3. The Morgan fingerprint density at radius 2 is 2.44 bits per heavy atom. The highest BCUT2D eigenvalue weighted by Gasteiger charge is 2.30. The van der Waals surface area contributed by atoms with E-state index in [9.17, 15) is 4.79 Å². The first kappa shape index (κ1) is 10.8. The molecule has 1 aliphatic heterocycles. The Kier molecular flexibility index (Phi) is 2.49. The molecule has 0 amide bonds. The number of hydrogen-bond acceptors (Lipinski definition) is 7. The van der Waals surface area contributed by atoms with Gasteiger partial charge in [0.2, 0.25) is 0 Å². The molecule has 3 heterocycles. The summed E-state index contributed by atoms with van der Waals surface area (Å²) in [5.74, 6) is 0.0158. The number of tetrazole rings is 1. The van der Waals surface area contributed by atoms with Gasteiger partial charge in [0.05, 0.1) is 19.3 Å². The highest BCUT2D eigenvalue weighted by Crippen LogP contribution is 2.32. The molecule has 0 aliphatic carbocycles. The van der Waals surface area contributed by atoms with Crippen LogP contribution in [0, 0.1) is 0 Å². The van der Waals surface area contributed by atoms with Gasteiger partial charge in [-0.2, -0.15) is 4.68 Å². The molecule has 0 aromatic carbocycles. The molecule has 0 radical (unpaired) electrons. The first-order chi connectivity index (χ1) is 8.79. The zero-order valence-corrected chi connectivity index (χ0v) is 9.48. The molecule has 0 N–H and O–H groups in total. The summed E-state index contributed by atoms with van der Waals surface area (Å²) in [6.45, 7) is 0.593. The van der Waals surface area contributed by atoms with E-state index in [1.807, 2.05) is 0 Å². The number of esters is 1. The Balaban J connectivity index is 2.06. The molecule has 0 spiro atoms. The molecule has 18 heavy (non-hydrogen) atoms. The average Bonchev–Trinajstić information content (AvgIpc) is 3.11. The molecule has 0 saturated carbocycles. The van der Waals surface area contributed by atoms with E-state index in [1.54, 1.807) is 12.3 Å². The summed E-state index contributed by atoms with van der Waals surface area (Å²) in [7, 11) is 1.33. The molecule has 1 fully saturated rings. The van der Waals surface area contributed by atoms with Gasteiger partial charge in [0.15, 0.2) is 5.82 Å². The lowest BCUT2D eigenvalue weighted by molar-refractivity contribution is 0.0598. The van der Waals surface area contributed by atoms with Crippen molar-refractivity contribution in [1.82, 2.24) is 25.2 Å². The summed E-state index contributed by atoms with van der Waals surface area (Å²) in [4.78, 5) is 15.9. The predicted molar refractivity (Wildman–Crippen MR) is 57.0 cm³/mol. The van der Waals surface area contributed by atoms with E-state index in [0.29, 0.717) is 18.0 Å². The third-order valence-corrected chi connectivity index (χ3v) is 2.59. The van der Waals surface area contributed by atoms with Gasteiger partial charge in [-0.05, 0) is 16.5 Å². The highest BCUT2D eigenvalue weighted by atomic mass is 16.6. The van der Waals surface area contributed by atoms with Crippen LogP contribution in [0.2, 0.25) is 0 Å². The Bertz CT molecular complexity index is 579. The maximum Gasteiger partial charge on any atom is 0.338 e. The summed E-state index contributed by atoms with van der Waals surface area (Å²) >= 11 is 0. The van der Waals surface area contributed by atoms with Crippen LogP contribution in [0.1, 0.15) is 22.0 Å². The van der Waals surface area contributed by atoms with Gasteiger partial charge in [0.1, 0.15) is 12.4 Å². The smallest absolute Gasteiger partial charge is 0.338 e. The average molecular weight is 247 g/mol. The van der Waals surface area contributed by atoms with Crippen molar-refractivity contribution in [3.63, 3.8) is 0 Å². The number of nitrogens with zero attached hydrogens (tertiary/aromatic N) is 5. The minimum atomic E-state index is -0.433. The molecule has 1 atom stereocenters. The third kappa shape index (κ3) is 1.82. The SMILES string of the molecule is COC(=O)c1cc(-n2cnnn2)ncc1[C@@H]1CO1. The maximum atomic E-state index is 11.7. The van der Waals surface area contributed by atoms with E-state index in [4.69, 9.17) is 9.47 Å². The van der Waals surface area contributed by atoms with Gasteiger partial charge in [-0.25, -0.2) is 9.78 Å². The lowest BCUT2D eigenvalue weighted by Gasteiger charge is -2.07. The number of methoxy groups -OCH3 is 1. The quantitative estimate of drug-likeness (QED) is 0.552. The summed E-state index contributed by atoms with van der Waals surface area (Å²) in [5, 5.41) is 10.7. The van der Waals surface area contributed by atoms with E-state index in [0.717, 1.165) is 5.56 Å².